The molecule has 1 atom stereocenters. The number of hydrogen-bond acceptors (Lipinski definition) is 10. The third-order valence-corrected chi connectivity index (χ3v) is 7.33. The van der Waals surface area contributed by atoms with Gasteiger partial charge in [-0.2, -0.15) is 16.7 Å². The zero-order valence-electron chi connectivity index (χ0n) is 20.7. The number of fused-ring (bicyclic) bond motifs is 1. The molecule has 0 bridgehead atoms. The number of nitrogens with two attached hydrogens (primary N) is 1. The molecule has 4 aromatic rings. The number of tetrazole rings is 1. The zero-order valence-corrected chi connectivity index (χ0v) is 21.5. The predicted octanol–water partition coefficient (Wildman–Crippen LogP) is 4.02. The van der Waals surface area contributed by atoms with Crippen molar-refractivity contribution in [2.75, 3.05) is 40.5 Å². The first-order valence-corrected chi connectivity index (χ1v) is 13.2. The van der Waals surface area contributed by atoms with Gasteiger partial charge in [-0.05, 0) is 54.5 Å². The molecule has 11 heteroatoms. The van der Waals surface area contributed by atoms with Gasteiger partial charge in [0.05, 0.1) is 17.3 Å². The Morgan fingerprint density at radius 3 is 2.75 bits per heavy atom. The van der Waals surface area contributed by atoms with Crippen LogP contribution in [0, 0.1) is 13.8 Å². The highest BCUT2D eigenvalue weighted by atomic mass is 32.2. The molecule has 0 saturated carbocycles. The van der Waals surface area contributed by atoms with Crippen LogP contribution in [0.25, 0.3) is 23.1 Å². The van der Waals surface area contributed by atoms with Gasteiger partial charge in [0, 0.05) is 41.1 Å². The molecular weight excluding hydrogens is 472 g/mol. The molecule has 0 aliphatic carbocycles. The predicted molar refractivity (Wildman–Crippen MR) is 147 cm³/mol. The van der Waals surface area contributed by atoms with Gasteiger partial charge in [0.15, 0.2) is 5.82 Å². The second-order valence-corrected chi connectivity index (χ2v) is 10.0. The Hall–Kier alpha value is -3.73. The summed E-state index contributed by atoms with van der Waals surface area (Å²) >= 11 is 1.99. The van der Waals surface area contributed by atoms with Crippen LogP contribution in [0.1, 0.15) is 47.6 Å². The third-order valence-electron chi connectivity index (χ3n) is 6.38. The highest BCUT2D eigenvalue weighted by Crippen LogP contribution is 2.35. The van der Waals surface area contributed by atoms with Gasteiger partial charge >= 0.3 is 0 Å². The first kappa shape index (κ1) is 24.0. The van der Waals surface area contributed by atoms with Crippen LogP contribution in [-0.2, 0) is 0 Å². The molecule has 1 unspecified atom stereocenters. The summed E-state index contributed by atoms with van der Waals surface area (Å²) in [5, 5.41) is 18.7. The van der Waals surface area contributed by atoms with Crippen molar-refractivity contribution in [3.05, 3.63) is 52.5 Å². The molecule has 1 saturated heterocycles. The Labute approximate surface area is 214 Å². The molecule has 0 spiro atoms. The van der Waals surface area contributed by atoms with E-state index >= 15 is 0 Å². The van der Waals surface area contributed by atoms with Crippen molar-refractivity contribution in [3.8, 4) is 0 Å². The summed E-state index contributed by atoms with van der Waals surface area (Å²) in [7, 11) is 0. The van der Waals surface area contributed by atoms with Gasteiger partial charge in [0.2, 0.25) is 5.95 Å². The number of hydrogen-bond donors (Lipinski definition) is 3. The number of para-hydroxylation sites is 1. The lowest BCUT2D eigenvalue weighted by Crippen LogP contribution is -2.34. The maximum atomic E-state index is 6.07. The van der Waals surface area contributed by atoms with Gasteiger partial charge in [-0.25, -0.2) is 15.1 Å². The quantitative estimate of drug-likeness (QED) is 0.340. The van der Waals surface area contributed by atoms with Crippen LogP contribution < -0.4 is 16.0 Å². The molecule has 5 rings (SSSR count). The molecule has 1 aliphatic rings. The molecule has 4 N–H and O–H groups in total. The van der Waals surface area contributed by atoms with Crippen molar-refractivity contribution in [3.63, 3.8) is 0 Å². The number of H-pyrrole nitrogens is 1. The van der Waals surface area contributed by atoms with Crippen LogP contribution in [-0.4, -0.2) is 60.2 Å². The van der Waals surface area contributed by atoms with E-state index in [1.165, 1.54) is 5.56 Å². The number of thioether (sulfide) groups is 1. The topological polar surface area (TPSA) is 134 Å². The smallest absolute Gasteiger partial charge is 0.222 e. The van der Waals surface area contributed by atoms with E-state index in [9.17, 15) is 0 Å². The van der Waals surface area contributed by atoms with Crippen LogP contribution in [0.15, 0.2) is 24.3 Å². The van der Waals surface area contributed by atoms with Gasteiger partial charge in [0.1, 0.15) is 11.6 Å². The van der Waals surface area contributed by atoms with E-state index in [0.717, 1.165) is 64.6 Å². The van der Waals surface area contributed by atoms with Gasteiger partial charge < -0.3 is 16.0 Å². The highest BCUT2D eigenvalue weighted by molar-refractivity contribution is 7.99. The Bertz CT molecular complexity index is 1380. The van der Waals surface area contributed by atoms with Crippen LogP contribution in [0.2, 0.25) is 0 Å². The number of aromatic nitrogens is 7. The molecule has 0 amide bonds. The normalized spacial score (nSPS) is 15.0. The van der Waals surface area contributed by atoms with Crippen molar-refractivity contribution in [1.82, 2.24) is 35.6 Å². The van der Waals surface area contributed by atoms with Crippen molar-refractivity contribution in [1.29, 1.82) is 0 Å². The third kappa shape index (κ3) is 4.97. The molecule has 36 heavy (non-hydrogen) atoms. The molecule has 186 valence electrons. The SMILES string of the molecule is CCC(Nc1nc(N)nc(C)c1/C=C/c1nnn[nH]1)c1cc2cccc(C)c2nc1N1CCSCC1. The fourth-order valence-electron chi connectivity index (χ4n) is 4.52. The molecule has 0 radical (unpaired) electrons. The maximum absolute atomic E-state index is 6.07. The lowest BCUT2D eigenvalue weighted by Gasteiger charge is -2.32. The van der Waals surface area contributed by atoms with Crippen LogP contribution >= 0.6 is 11.8 Å². The van der Waals surface area contributed by atoms with E-state index in [0.29, 0.717) is 11.6 Å². The largest absolute Gasteiger partial charge is 0.368 e. The summed E-state index contributed by atoms with van der Waals surface area (Å²) in [6, 6.07) is 8.59. The van der Waals surface area contributed by atoms with E-state index in [2.05, 4.69) is 78.9 Å². The Balaban J connectivity index is 1.58. The summed E-state index contributed by atoms with van der Waals surface area (Å²) in [5.74, 6) is 4.68. The van der Waals surface area contributed by atoms with Crippen molar-refractivity contribution in [2.24, 2.45) is 0 Å². The van der Waals surface area contributed by atoms with E-state index in [1.54, 1.807) is 6.08 Å². The molecule has 1 fully saturated rings. The zero-order chi connectivity index (χ0) is 25.1. The molecule has 1 aromatic carbocycles. The molecular formula is C25H30N10S. The Morgan fingerprint density at radius 1 is 1.17 bits per heavy atom. The van der Waals surface area contributed by atoms with E-state index in [4.69, 9.17) is 10.7 Å². The van der Waals surface area contributed by atoms with Gasteiger partial charge in [-0.15, -0.1) is 5.10 Å². The number of nitrogens with zero attached hydrogens (tertiary/aromatic N) is 7. The number of pyridine rings is 1. The first-order valence-electron chi connectivity index (χ1n) is 12.1. The number of nitrogens with one attached hydrogen (secondary N) is 2. The van der Waals surface area contributed by atoms with Crippen LogP contribution in [0.4, 0.5) is 17.6 Å². The van der Waals surface area contributed by atoms with Crippen molar-refractivity contribution in [2.45, 2.75) is 33.2 Å². The average Bonchev–Trinajstić information content (AvgIpc) is 3.40. The molecule has 10 nitrogen and oxygen atoms in total. The monoisotopic (exact) mass is 502 g/mol. The number of aryl methyl sites for hydroxylation is 2. The second-order valence-electron chi connectivity index (χ2n) is 8.80. The van der Waals surface area contributed by atoms with Gasteiger partial charge in [-0.3, -0.25) is 0 Å². The molecule has 3 aromatic heterocycles. The van der Waals surface area contributed by atoms with Gasteiger partial charge in [-0.1, -0.05) is 25.1 Å². The minimum Gasteiger partial charge on any atom is -0.368 e. The summed E-state index contributed by atoms with van der Waals surface area (Å²) in [6.07, 6.45) is 4.54. The fourth-order valence-corrected chi connectivity index (χ4v) is 5.42. The minimum absolute atomic E-state index is 0.0280. The number of nitrogen functional groups attached to an aromatic ring is 1. The molecule has 4 heterocycles. The minimum atomic E-state index is -0.0280. The van der Waals surface area contributed by atoms with Gasteiger partial charge in [0.25, 0.3) is 0 Å². The van der Waals surface area contributed by atoms with Crippen molar-refractivity contribution >= 4 is 52.4 Å². The summed E-state index contributed by atoms with van der Waals surface area (Å²) in [6.45, 7) is 8.17. The first-order chi connectivity index (χ1) is 17.5. The Kier molecular flexibility index (Phi) is 6.99. The lowest BCUT2D eigenvalue weighted by molar-refractivity contribution is 0.727. The number of rotatable bonds is 7. The van der Waals surface area contributed by atoms with Crippen LogP contribution in [0.5, 0.6) is 0 Å². The second kappa shape index (κ2) is 10.5. The fraction of sp³-hybridized carbons (Fsp3) is 0.360. The maximum Gasteiger partial charge on any atom is 0.222 e. The molecule has 1 aliphatic heterocycles. The average molecular weight is 503 g/mol. The summed E-state index contributed by atoms with van der Waals surface area (Å²) < 4.78 is 0. The Morgan fingerprint density at radius 2 is 2.00 bits per heavy atom. The van der Waals surface area contributed by atoms with E-state index in [1.807, 2.05) is 24.8 Å². The number of anilines is 3. The van der Waals surface area contributed by atoms with E-state index in [-0.39, 0.29) is 12.0 Å². The number of benzene rings is 1. The summed E-state index contributed by atoms with van der Waals surface area (Å²) in [5.41, 5.74) is 11.1. The lowest BCUT2D eigenvalue weighted by atomic mass is 10.00. The number of aromatic amines is 1. The standard InChI is InChI=1S/C25H30N10S/c1-4-20(28-23-18(16(3)27-25(26)30-23)8-9-21-31-33-34-32-21)19-14-17-7-5-6-15(2)22(17)29-24(19)35-10-12-36-13-11-35/h5-9,14,20H,4,10-13H2,1-3H3,(H3,26,27,28,30)(H,31,32,33,34)/b9-8+. The van der Waals surface area contributed by atoms with Crippen LogP contribution in [0.3, 0.4) is 0 Å². The highest BCUT2D eigenvalue weighted by Gasteiger charge is 2.24. The van der Waals surface area contributed by atoms with E-state index < -0.39 is 0 Å². The summed E-state index contributed by atoms with van der Waals surface area (Å²) in [4.78, 5) is 16.6. The van der Waals surface area contributed by atoms with Crippen molar-refractivity contribution < 1.29 is 0 Å².